The summed E-state index contributed by atoms with van der Waals surface area (Å²) in [6.45, 7) is 5.77. The van der Waals surface area contributed by atoms with E-state index in [9.17, 15) is 10.1 Å². The summed E-state index contributed by atoms with van der Waals surface area (Å²) in [6.07, 6.45) is 13.7. The third kappa shape index (κ3) is 7.26. The zero-order valence-electron chi connectivity index (χ0n) is 23.9. The van der Waals surface area contributed by atoms with Crippen LogP contribution in [0.3, 0.4) is 0 Å². The number of morpholine rings is 1. The molecular formula is C33H36N6O3. The smallest absolute Gasteiger partial charge is 0.248 e. The average molecular weight is 565 g/mol. The Morgan fingerprint density at radius 3 is 2.88 bits per heavy atom. The van der Waals surface area contributed by atoms with E-state index < -0.39 is 0 Å². The summed E-state index contributed by atoms with van der Waals surface area (Å²) in [5, 5.41) is 16.9. The van der Waals surface area contributed by atoms with E-state index in [1.165, 1.54) is 6.20 Å². The molecule has 0 spiro atoms. The lowest BCUT2D eigenvalue weighted by Gasteiger charge is -2.26. The summed E-state index contributed by atoms with van der Waals surface area (Å²) in [5.41, 5.74) is 3.56. The van der Waals surface area contributed by atoms with Crippen LogP contribution in [0.25, 0.3) is 10.9 Å². The maximum atomic E-state index is 13.1. The fraction of sp³-hybridized carbons (Fsp3) is 0.364. The number of amides is 1. The number of pyridine rings is 1. The zero-order valence-corrected chi connectivity index (χ0v) is 23.9. The van der Waals surface area contributed by atoms with E-state index >= 15 is 0 Å². The zero-order chi connectivity index (χ0) is 29.3. The van der Waals surface area contributed by atoms with Gasteiger partial charge in [-0.15, -0.1) is 6.42 Å². The Hall–Kier alpha value is -4.41. The standard InChI is InChI=1S/C33H36N6O3/c1-3-24-7-4-8-26(19-24)36-33-25(22-34)23-35-29-21-31(42-16-6-13-39-14-17-41-18-15-39)30(20-28(29)33)37-32(40)11-10-27-9-5-12-38(27)2/h1,4,7-8,10-11,19-21,23,27H,5-6,9,12-18H2,2H3,(H,35,36)(H,37,40)/b11-10+. The van der Waals surface area contributed by atoms with Crippen LogP contribution in [0.15, 0.2) is 54.7 Å². The highest BCUT2D eigenvalue weighted by atomic mass is 16.5. The number of benzene rings is 2. The first kappa shape index (κ1) is 29.1. The third-order valence-corrected chi connectivity index (χ3v) is 7.67. The number of carbonyl (C=O) groups excluding carboxylic acids is 1. The quantitative estimate of drug-likeness (QED) is 0.211. The highest BCUT2D eigenvalue weighted by Gasteiger charge is 2.19. The Morgan fingerprint density at radius 1 is 1.26 bits per heavy atom. The number of fused-ring (bicyclic) bond motifs is 1. The molecule has 2 N–H and O–H groups in total. The van der Waals surface area contributed by atoms with Crippen molar-refractivity contribution >= 4 is 33.9 Å². The molecule has 5 rings (SSSR count). The van der Waals surface area contributed by atoms with E-state index in [0.717, 1.165) is 69.9 Å². The minimum absolute atomic E-state index is 0.242. The number of ether oxygens (including phenoxy) is 2. The molecule has 0 aliphatic carbocycles. The lowest BCUT2D eigenvalue weighted by molar-refractivity contribution is -0.112. The molecule has 1 amide bonds. The molecule has 42 heavy (non-hydrogen) atoms. The Labute approximate surface area is 247 Å². The summed E-state index contributed by atoms with van der Waals surface area (Å²) in [6, 6.07) is 13.5. The molecule has 2 saturated heterocycles. The van der Waals surface area contributed by atoms with Crippen molar-refractivity contribution < 1.29 is 14.3 Å². The van der Waals surface area contributed by atoms with Crippen molar-refractivity contribution in [3.8, 4) is 24.2 Å². The van der Waals surface area contributed by atoms with Gasteiger partial charge in [0.25, 0.3) is 0 Å². The van der Waals surface area contributed by atoms with Gasteiger partial charge in [0, 0.05) is 60.7 Å². The molecule has 216 valence electrons. The van der Waals surface area contributed by atoms with Crippen molar-refractivity contribution in [2.45, 2.75) is 25.3 Å². The van der Waals surface area contributed by atoms with Crippen molar-refractivity contribution in [1.29, 1.82) is 5.26 Å². The van der Waals surface area contributed by atoms with E-state index in [0.29, 0.717) is 40.2 Å². The second-order valence-corrected chi connectivity index (χ2v) is 10.6. The van der Waals surface area contributed by atoms with Gasteiger partial charge in [-0.3, -0.25) is 19.6 Å². The van der Waals surface area contributed by atoms with Crippen LogP contribution in [0, 0.1) is 23.7 Å². The minimum atomic E-state index is -0.242. The molecule has 2 aliphatic rings. The number of carbonyl (C=O) groups is 1. The number of hydrogen-bond acceptors (Lipinski definition) is 8. The molecule has 2 fully saturated rings. The van der Waals surface area contributed by atoms with Gasteiger partial charge in [0.1, 0.15) is 11.8 Å². The van der Waals surface area contributed by atoms with Crippen LogP contribution in [0.4, 0.5) is 17.1 Å². The molecule has 3 aromatic rings. The number of aromatic nitrogens is 1. The normalized spacial score (nSPS) is 17.6. The van der Waals surface area contributed by atoms with Gasteiger partial charge in [-0.05, 0) is 57.1 Å². The number of likely N-dealkylation sites (N-methyl/N-ethyl adjacent to an activating group) is 1. The molecule has 0 radical (unpaired) electrons. The largest absolute Gasteiger partial charge is 0.491 e. The molecule has 1 unspecified atom stereocenters. The number of likely N-dealkylation sites (tertiary alicyclic amines) is 1. The van der Waals surface area contributed by atoms with Crippen molar-refractivity contribution in [3.05, 3.63) is 65.9 Å². The van der Waals surface area contributed by atoms with Crippen molar-refractivity contribution in [2.75, 3.05) is 63.7 Å². The van der Waals surface area contributed by atoms with Crippen molar-refractivity contribution in [1.82, 2.24) is 14.8 Å². The third-order valence-electron chi connectivity index (χ3n) is 7.67. The number of terminal acetylenes is 1. The number of nitrogens with one attached hydrogen (secondary N) is 2. The highest BCUT2D eigenvalue weighted by molar-refractivity contribution is 6.05. The topological polar surface area (TPSA) is 103 Å². The van der Waals surface area contributed by atoms with Crippen LogP contribution in [0.5, 0.6) is 5.75 Å². The van der Waals surface area contributed by atoms with Crippen LogP contribution in [0.1, 0.15) is 30.4 Å². The number of hydrogen-bond donors (Lipinski definition) is 2. The molecule has 0 bridgehead atoms. The van der Waals surface area contributed by atoms with Gasteiger partial charge in [-0.2, -0.15) is 5.26 Å². The lowest BCUT2D eigenvalue weighted by atomic mass is 10.1. The number of nitrogens with zero attached hydrogens (tertiary/aromatic N) is 4. The van der Waals surface area contributed by atoms with E-state index in [1.54, 1.807) is 6.08 Å². The van der Waals surface area contributed by atoms with E-state index in [-0.39, 0.29) is 11.9 Å². The monoisotopic (exact) mass is 564 g/mol. The predicted molar refractivity (Wildman–Crippen MR) is 165 cm³/mol. The van der Waals surface area contributed by atoms with Gasteiger partial charge in [-0.25, -0.2) is 0 Å². The number of rotatable bonds is 10. The summed E-state index contributed by atoms with van der Waals surface area (Å²) < 4.78 is 11.7. The molecule has 2 aliphatic heterocycles. The molecular weight excluding hydrogens is 528 g/mol. The van der Waals surface area contributed by atoms with Gasteiger partial charge < -0.3 is 20.1 Å². The van der Waals surface area contributed by atoms with Gasteiger partial charge in [0.2, 0.25) is 5.91 Å². The molecule has 3 heterocycles. The SMILES string of the molecule is C#Cc1cccc(Nc2c(C#N)cnc3cc(OCCCN4CCOCC4)c(NC(=O)/C=C/C4CCCN4C)cc23)c1. The second-order valence-electron chi connectivity index (χ2n) is 10.6. The van der Waals surface area contributed by atoms with Crippen LogP contribution >= 0.6 is 0 Å². The van der Waals surface area contributed by atoms with Crippen molar-refractivity contribution in [3.63, 3.8) is 0 Å². The Bertz CT molecular complexity index is 1530. The van der Waals surface area contributed by atoms with E-state index in [4.69, 9.17) is 15.9 Å². The highest BCUT2D eigenvalue weighted by Crippen LogP contribution is 2.36. The Morgan fingerprint density at radius 2 is 2.12 bits per heavy atom. The number of anilines is 3. The molecule has 0 saturated carbocycles. The molecule has 2 aromatic carbocycles. The first-order chi connectivity index (χ1) is 20.5. The van der Waals surface area contributed by atoms with Gasteiger partial charge in [0.05, 0.1) is 42.3 Å². The molecule has 9 nitrogen and oxygen atoms in total. The van der Waals surface area contributed by atoms with Crippen LogP contribution < -0.4 is 15.4 Å². The molecule has 1 aromatic heterocycles. The van der Waals surface area contributed by atoms with Gasteiger partial charge in [-0.1, -0.05) is 18.1 Å². The minimum Gasteiger partial charge on any atom is -0.491 e. The second kappa shape index (κ2) is 14.0. The lowest BCUT2D eigenvalue weighted by Crippen LogP contribution is -2.37. The first-order valence-electron chi connectivity index (χ1n) is 14.4. The van der Waals surface area contributed by atoms with Crippen LogP contribution in [-0.4, -0.2) is 79.8 Å². The van der Waals surface area contributed by atoms with Crippen LogP contribution in [-0.2, 0) is 9.53 Å². The summed E-state index contributed by atoms with van der Waals surface area (Å²) in [5.74, 6) is 2.92. The fourth-order valence-electron chi connectivity index (χ4n) is 5.33. The van der Waals surface area contributed by atoms with Crippen LogP contribution in [0.2, 0.25) is 0 Å². The number of nitriles is 1. The first-order valence-corrected chi connectivity index (χ1v) is 14.4. The average Bonchev–Trinajstić information content (AvgIpc) is 3.43. The summed E-state index contributed by atoms with van der Waals surface area (Å²) in [4.78, 5) is 22.2. The molecule has 9 heteroatoms. The van der Waals surface area contributed by atoms with E-state index in [1.807, 2.05) is 42.5 Å². The molecule has 1 atom stereocenters. The Kier molecular flexibility index (Phi) is 9.68. The van der Waals surface area contributed by atoms with Crippen molar-refractivity contribution in [2.24, 2.45) is 0 Å². The maximum absolute atomic E-state index is 13.1. The summed E-state index contributed by atoms with van der Waals surface area (Å²) in [7, 11) is 2.07. The van der Waals surface area contributed by atoms with Gasteiger partial charge >= 0.3 is 0 Å². The predicted octanol–water partition coefficient (Wildman–Crippen LogP) is 4.52. The fourth-order valence-corrected chi connectivity index (χ4v) is 5.33. The maximum Gasteiger partial charge on any atom is 0.248 e. The van der Waals surface area contributed by atoms with E-state index in [2.05, 4.69) is 44.5 Å². The summed E-state index contributed by atoms with van der Waals surface area (Å²) >= 11 is 0. The Balaban J connectivity index is 1.43. The van der Waals surface area contributed by atoms with Gasteiger partial charge in [0.15, 0.2) is 0 Å².